The highest BCUT2D eigenvalue weighted by molar-refractivity contribution is 7.80. The summed E-state index contributed by atoms with van der Waals surface area (Å²) in [4.78, 5) is 14.4. The molecule has 0 aliphatic heterocycles. The minimum absolute atomic E-state index is 0.0177. The first kappa shape index (κ1) is 22.1. The van der Waals surface area contributed by atoms with Crippen LogP contribution in [0.1, 0.15) is 24.2 Å². The first-order valence-electron chi connectivity index (χ1n) is 9.07. The van der Waals surface area contributed by atoms with E-state index in [1.54, 1.807) is 36.4 Å². The number of rotatable bonds is 8. The molecule has 0 radical (unpaired) electrons. The Balaban J connectivity index is 1.87. The molecule has 0 saturated heterocycles. The van der Waals surface area contributed by atoms with Gasteiger partial charge in [-0.2, -0.15) is 0 Å². The Hall–Kier alpha value is -2.22. The average molecular weight is 423 g/mol. The fourth-order valence-corrected chi connectivity index (χ4v) is 2.96. The summed E-state index contributed by atoms with van der Waals surface area (Å²) in [5, 5.41) is 8.86. The minimum atomic E-state index is -0.565. The molecular formula is C20H24ClFN4OS. The van der Waals surface area contributed by atoms with Crippen LogP contribution in [0.4, 0.5) is 15.8 Å². The van der Waals surface area contributed by atoms with Gasteiger partial charge in [-0.1, -0.05) is 31.5 Å². The Morgan fingerprint density at radius 1 is 1.11 bits per heavy atom. The van der Waals surface area contributed by atoms with Gasteiger partial charge < -0.3 is 20.9 Å². The van der Waals surface area contributed by atoms with E-state index in [4.69, 9.17) is 23.8 Å². The number of hydrogen-bond donors (Lipinski definition) is 3. The van der Waals surface area contributed by atoms with Crippen molar-refractivity contribution >= 4 is 46.2 Å². The van der Waals surface area contributed by atoms with Gasteiger partial charge in [-0.05, 0) is 61.7 Å². The number of benzene rings is 2. The van der Waals surface area contributed by atoms with Crippen LogP contribution in [0, 0.1) is 5.82 Å². The molecule has 150 valence electrons. The van der Waals surface area contributed by atoms with Crippen molar-refractivity contribution in [2.75, 3.05) is 36.8 Å². The lowest BCUT2D eigenvalue weighted by molar-refractivity contribution is 0.0949. The lowest BCUT2D eigenvalue weighted by Gasteiger charge is -2.18. The molecule has 0 unspecified atom stereocenters. The zero-order chi connectivity index (χ0) is 20.5. The maximum atomic E-state index is 13.9. The Bertz CT molecular complexity index is 812. The normalized spacial score (nSPS) is 10.6. The number of carbonyl (C=O) groups excluding carboxylic acids is 1. The highest BCUT2D eigenvalue weighted by Gasteiger charge is 2.09. The molecular weight excluding hydrogens is 399 g/mol. The van der Waals surface area contributed by atoms with Crippen LogP contribution in [-0.4, -0.2) is 42.1 Å². The predicted octanol–water partition coefficient (Wildman–Crippen LogP) is 4.36. The Morgan fingerprint density at radius 3 is 2.43 bits per heavy atom. The summed E-state index contributed by atoms with van der Waals surface area (Å²) in [6.45, 7) is 7.52. The van der Waals surface area contributed by atoms with Crippen LogP contribution in [0.2, 0.25) is 5.02 Å². The molecule has 0 atom stereocenters. The van der Waals surface area contributed by atoms with Crippen molar-refractivity contribution in [2.45, 2.75) is 13.8 Å². The fraction of sp³-hybridized carbons (Fsp3) is 0.300. The third-order valence-electron chi connectivity index (χ3n) is 4.21. The smallest absolute Gasteiger partial charge is 0.251 e. The Kier molecular flexibility index (Phi) is 8.63. The molecule has 0 fully saturated rings. The molecule has 2 aromatic rings. The Labute approximate surface area is 175 Å². The van der Waals surface area contributed by atoms with E-state index < -0.39 is 5.82 Å². The zero-order valence-electron chi connectivity index (χ0n) is 15.9. The summed E-state index contributed by atoms with van der Waals surface area (Å²) >= 11 is 10.9. The molecule has 0 spiro atoms. The largest absolute Gasteiger partial charge is 0.351 e. The van der Waals surface area contributed by atoms with Crippen LogP contribution in [0.3, 0.4) is 0 Å². The lowest BCUT2D eigenvalue weighted by Crippen LogP contribution is -2.34. The number of nitrogens with one attached hydrogen (secondary N) is 3. The maximum absolute atomic E-state index is 13.9. The number of anilines is 2. The fourth-order valence-electron chi connectivity index (χ4n) is 2.56. The lowest BCUT2D eigenvalue weighted by atomic mass is 10.2. The van der Waals surface area contributed by atoms with Gasteiger partial charge in [-0.3, -0.25) is 4.79 Å². The van der Waals surface area contributed by atoms with Gasteiger partial charge in [-0.15, -0.1) is 0 Å². The SMILES string of the molecule is CCN(CC)CCNC(=O)c1ccc(NC(=S)Nc2cccc(Cl)c2F)cc1. The van der Waals surface area contributed by atoms with Crippen LogP contribution < -0.4 is 16.0 Å². The second-order valence-corrected chi connectivity index (χ2v) is 6.86. The third kappa shape index (κ3) is 6.44. The summed E-state index contributed by atoms with van der Waals surface area (Å²) in [5.41, 5.74) is 1.43. The van der Waals surface area contributed by atoms with Gasteiger partial charge in [0.1, 0.15) is 0 Å². The topological polar surface area (TPSA) is 56.4 Å². The van der Waals surface area contributed by atoms with Crippen molar-refractivity contribution in [3.63, 3.8) is 0 Å². The zero-order valence-corrected chi connectivity index (χ0v) is 17.5. The maximum Gasteiger partial charge on any atom is 0.251 e. The van der Waals surface area contributed by atoms with Crippen LogP contribution >= 0.6 is 23.8 Å². The molecule has 3 N–H and O–H groups in total. The van der Waals surface area contributed by atoms with E-state index in [9.17, 15) is 9.18 Å². The molecule has 2 aromatic carbocycles. The van der Waals surface area contributed by atoms with Gasteiger partial charge in [0, 0.05) is 24.3 Å². The number of likely N-dealkylation sites (N-methyl/N-ethyl adjacent to an activating group) is 1. The number of hydrogen-bond acceptors (Lipinski definition) is 3. The second kappa shape index (κ2) is 10.9. The van der Waals surface area contributed by atoms with Gasteiger partial charge in [-0.25, -0.2) is 4.39 Å². The molecule has 0 bridgehead atoms. The number of halogens is 2. The van der Waals surface area contributed by atoms with Crippen LogP contribution in [0.5, 0.6) is 0 Å². The number of thiocarbonyl (C=S) groups is 1. The van der Waals surface area contributed by atoms with Crippen molar-refractivity contribution in [1.82, 2.24) is 10.2 Å². The van der Waals surface area contributed by atoms with E-state index in [0.717, 1.165) is 19.6 Å². The molecule has 0 heterocycles. The van der Waals surface area contributed by atoms with E-state index in [-0.39, 0.29) is 21.7 Å². The number of carbonyl (C=O) groups is 1. The van der Waals surface area contributed by atoms with Crippen molar-refractivity contribution in [3.8, 4) is 0 Å². The van der Waals surface area contributed by atoms with E-state index >= 15 is 0 Å². The summed E-state index contributed by atoms with van der Waals surface area (Å²) in [6, 6.07) is 11.5. The predicted molar refractivity (Wildman–Crippen MR) is 118 cm³/mol. The molecule has 0 aliphatic rings. The third-order valence-corrected chi connectivity index (χ3v) is 4.71. The van der Waals surface area contributed by atoms with E-state index in [0.29, 0.717) is 17.8 Å². The number of amides is 1. The van der Waals surface area contributed by atoms with Crippen molar-refractivity contribution in [3.05, 3.63) is 58.9 Å². The van der Waals surface area contributed by atoms with Gasteiger partial charge in [0.05, 0.1) is 10.7 Å². The Morgan fingerprint density at radius 2 is 1.79 bits per heavy atom. The molecule has 0 aliphatic carbocycles. The summed E-state index contributed by atoms with van der Waals surface area (Å²) in [6.07, 6.45) is 0. The first-order valence-corrected chi connectivity index (χ1v) is 9.85. The van der Waals surface area contributed by atoms with Crippen molar-refractivity contribution in [1.29, 1.82) is 0 Å². The second-order valence-electron chi connectivity index (χ2n) is 6.04. The van der Waals surface area contributed by atoms with Crippen LogP contribution in [0.15, 0.2) is 42.5 Å². The summed E-state index contributed by atoms with van der Waals surface area (Å²) in [7, 11) is 0. The molecule has 8 heteroatoms. The molecule has 0 aromatic heterocycles. The van der Waals surface area contributed by atoms with E-state index in [1.165, 1.54) is 6.07 Å². The average Bonchev–Trinajstić information content (AvgIpc) is 2.69. The van der Waals surface area contributed by atoms with Crippen molar-refractivity contribution in [2.24, 2.45) is 0 Å². The monoisotopic (exact) mass is 422 g/mol. The molecule has 2 rings (SSSR count). The summed E-state index contributed by atoms with van der Waals surface area (Å²) in [5.74, 6) is -0.689. The van der Waals surface area contributed by atoms with Crippen molar-refractivity contribution < 1.29 is 9.18 Å². The van der Waals surface area contributed by atoms with Gasteiger partial charge >= 0.3 is 0 Å². The van der Waals surface area contributed by atoms with E-state index in [1.807, 2.05) is 0 Å². The van der Waals surface area contributed by atoms with Gasteiger partial charge in [0.25, 0.3) is 5.91 Å². The van der Waals surface area contributed by atoms with Crippen LogP contribution in [-0.2, 0) is 0 Å². The first-order chi connectivity index (χ1) is 13.4. The standard InChI is InChI=1S/C20H24ClFN4OS/c1-3-26(4-2)13-12-23-19(27)14-8-10-15(11-9-14)24-20(28)25-17-7-5-6-16(21)18(17)22/h5-11H,3-4,12-13H2,1-2H3,(H,23,27)(H2,24,25,28). The summed E-state index contributed by atoms with van der Waals surface area (Å²) < 4.78 is 13.9. The molecule has 0 saturated carbocycles. The van der Waals surface area contributed by atoms with Crippen LogP contribution in [0.25, 0.3) is 0 Å². The molecule has 28 heavy (non-hydrogen) atoms. The molecule has 1 amide bonds. The van der Waals surface area contributed by atoms with Gasteiger partial charge in [0.15, 0.2) is 10.9 Å². The highest BCUT2D eigenvalue weighted by atomic mass is 35.5. The van der Waals surface area contributed by atoms with Gasteiger partial charge in [0.2, 0.25) is 0 Å². The highest BCUT2D eigenvalue weighted by Crippen LogP contribution is 2.22. The molecule has 5 nitrogen and oxygen atoms in total. The van der Waals surface area contributed by atoms with E-state index in [2.05, 4.69) is 34.7 Å². The minimum Gasteiger partial charge on any atom is -0.351 e. The number of nitrogens with zero attached hydrogens (tertiary/aromatic N) is 1. The quantitative estimate of drug-likeness (QED) is 0.552.